The van der Waals surface area contributed by atoms with E-state index in [0.717, 1.165) is 12.7 Å². The first-order valence-electron chi connectivity index (χ1n) is 4.24. The van der Waals surface area contributed by atoms with Crippen molar-refractivity contribution in [2.45, 2.75) is 19.1 Å². The Bertz CT molecular complexity index is 182. The fourth-order valence-electron chi connectivity index (χ4n) is 0.494. The summed E-state index contributed by atoms with van der Waals surface area (Å²) in [7, 11) is 0. The van der Waals surface area contributed by atoms with Crippen molar-refractivity contribution in [3.63, 3.8) is 0 Å². The second kappa shape index (κ2) is 4.99. The van der Waals surface area contributed by atoms with Crippen molar-refractivity contribution in [2.24, 2.45) is 0 Å². The lowest BCUT2D eigenvalue weighted by molar-refractivity contribution is -0.138. The van der Waals surface area contributed by atoms with Crippen LogP contribution in [-0.2, 0) is 19.0 Å². The van der Waals surface area contributed by atoms with Crippen LogP contribution < -0.4 is 0 Å². The first kappa shape index (κ1) is 10.2. The molecule has 2 aliphatic rings. The average Bonchev–Trinajstić information content (AvgIpc) is 2.97. The van der Waals surface area contributed by atoms with E-state index in [1.807, 2.05) is 0 Å². The van der Waals surface area contributed by atoms with E-state index >= 15 is 0 Å². The first-order valence-corrected chi connectivity index (χ1v) is 4.24. The summed E-state index contributed by atoms with van der Waals surface area (Å²) in [6, 6.07) is 0. The molecule has 0 radical (unpaired) electrons. The van der Waals surface area contributed by atoms with Crippen LogP contribution in [-0.4, -0.2) is 38.0 Å². The van der Waals surface area contributed by atoms with Crippen molar-refractivity contribution in [1.82, 2.24) is 0 Å². The Kier molecular flexibility index (Phi) is 3.92. The summed E-state index contributed by atoms with van der Waals surface area (Å²) in [5, 5.41) is 0. The number of epoxide rings is 2. The quantitative estimate of drug-likeness (QED) is 0.366. The molecule has 4 nitrogen and oxygen atoms in total. The number of hydrogen-bond donors (Lipinski definition) is 0. The van der Waals surface area contributed by atoms with Crippen LogP contribution in [0.1, 0.15) is 6.92 Å². The van der Waals surface area contributed by atoms with Crippen LogP contribution in [0.2, 0.25) is 0 Å². The molecule has 2 aliphatic heterocycles. The summed E-state index contributed by atoms with van der Waals surface area (Å²) in [6.07, 6.45) is 1.87. The molecule has 2 unspecified atom stereocenters. The van der Waals surface area contributed by atoms with Crippen molar-refractivity contribution in [3.05, 3.63) is 12.7 Å². The van der Waals surface area contributed by atoms with Crippen LogP contribution in [0.15, 0.2) is 12.7 Å². The molecule has 0 saturated carbocycles. The maximum absolute atomic E-state index is 10.3. The third-order valence-corrected chi connectivity index (χ3v) is 1.48. The van der Waals surface area contributed by atoms with Crippen molar-refractivity contribution in [1.29, 1.82) is 0 Å². The van der Waals surface area contributed by atoms with Gasteiger partial charge in [-0.05, 0) is 6.92 Å². The largest absolute Gasteiger partial charge is 0.460 e. The summed E-state index contributed by atoms with van der Waals surface area (Å²) in [6.45, 7) is 7.36. The van der Waals surface area contributed by atoms with Crippen molar-refractivity contribution in [3.8, 4) is 0 Å². The second-order valence-corrected chi connectivity index (χ2v) is 2.93. The van der Waals surface area contributed by atoms with Gasteiger partial charge in [0.05, 0.1) is 19.3 Å². The zero-order valence-corrected chi connectivity index (χ0v) is 7.69. The van der Waals surface area contributed by atoms with Gasteiger partial charge in [-0.2, -0.15) is 0 Å². The zero-order chi connectivity index (χ0) is 9.68. The first-order chi connectivity index (χ1) is 6.22. The van der Waals surface area contributed by atoms with Crippen LogP contribution in [0.5, 0.6) is 0 Å². The smallest absolute Gasteiger partial charge is 0.330 e. The lowest BCUT2D eigenvalue weighted by atomic mass is 10.5. The summed E-state index contributed by atoms with van der Waals surface area (Å²) in [4.78, 5) is 10.3. The van der Waals surface area contributed by atoms with Gasteiger partial charge >= 0.3 is 5.97 Å². The second-order valence-electron chi connectivity index (χ2n) is 2.93. The fraction of sp³-hybridized carbons (Fsp3) is 0.667. The van der Waals surface area contributed by atoms with E-state index < -0.39 is 0 Å². The van der Waals surface area contributed by atoms with Crippen LogP contribution in [0.25, 0.3) is 0 Å². The van der Waals surface area contributed by atoms with Crippen LogP contribution >= 0.6 is 0 Å². The van der Waals surface area contributed by atoms with E-state index in [1.165, 1.54) is 0 Å². The van der Waals surface area contributed by atoms with Gasteiger partial charge in [0.2, 0.25) is 0 Å². The highest BCUT2D eigenvalue weighted by Gasteiger charge is 2.23. The Morgan fingerprint density at radius 1 is 1.62 bits per heavy atom. The third-order valence-electron chi connectivity index (χ3n) is 1.48. The van der Waals surface area contributed by atoms with Crippen LogP contribution in [0.3, 0.4) is 0 Å². The molecule has 0 aromatic heterocycles. The molecule has 2 heterocycles. The SMILES string of the molecule is C=CC(=O)OCC1CO1.CC1CO1. The van der Waals surface area contributed by atoms with Gasteiger partial charge in [-0.3, -0.25) is 0 Å². The molecular weight excluding hydrogens is 172 g/mol. The van der Waals surface area contributed by atoms with E-state index in [9.17, 15) is 4.79 Å². The molecule has 13 heavy (non-hydrogen) atoms. The van der Waals surface area contributed by atoms with Crippen LogP contribution in [0.4, 0.5) is 0 Å². The van der Waals surface area contributed by atoms with Crippen LogP contribution in [0, 0.1) is 0 Å². The summed E-state index contributed by atoms with van der Waals surface area (Å²) in [5.74, 6) is -0.384. The molecular formula is C9H14O4. The fourth-order valence-corrected chi connectivity index (χ4v) is 0.494. The Hall–Kier alpha value is -0.870. The number of carbonyl (C=O) groups is 1. The number of rotatable bonds is 3. The highest BCUT2D eigenvalue weighted by atomic mass is 16.6. The topological polar surface area (TPSA) is 51.4 Å². The minimum absolute atomic E-state index is 0.147. The number of esters is 1. The van der Waals surface area contributed by atoms with Gasteiger partial charge in [0.25, 0.3) is 0 Å². The van der Waals surface area contributed by atoms with E-state index in [0.29, 0.717) is 19.3 Å². The number of ether oxygens (including phenoxy) is 3. The lowest BCUT2D eigenvalue weighted by Crippen LogP contribution is -2.06. The third kappa shape index (κ3) is 6.31. The highest BCUT2D eigenvalue weighted by Crippen LogP contribution is 2.08. The van der Waals surface area contributed by atoms with E-state index in [1.54, 1.807) is 0 Å². The van der Waals surface area contributed by atoms with Gasteiger partial charge in [0, 0.05) is 6.08 Å². The van der Waals surface area contributed by atoms with Gasteiger partial charge in [-0.15, -0.1) is 0 Å². The van der Waals surface area contributed by atoms with Crippen molar-refractivity contribution < 1.29 is 19.0 Å². The molecule has 0 aromatic rings. The minimum Gasteiger partial charge on any atom is -0.460 e. The average molecular weight is 186 g/mol. The normalized spacial score (nSPS) is 28.1. The zero-order valence-electron chi connectivity index (χ0n) is 7.69. The standard InChI is InChI=1S/C6H8O3.C3H6O/c1-2-6(7)9-4-5-3-8-5;1-3-2-4-3/h2,5H,1,3-4H2;3H,2H2,1H3. The van der Waals surface area contributed by atoms with Gasteiger partial charge in [-0.1, -0.05) is 6.58 Å². The molecule has 0 spiro atoms. The molecule has 4 heteroatoms. The minimum atomic E-state index is -0.384. The predicted octanol–water partition coefficient (Wildman–Crippen LogP) is 0.519. The molecule has 2 rings (SSSR count). The molecule has 0 bridgehead atoms. The number of carbonyl (C=O) groups excluding carboxylic acids is 1. The van der Waals surface area contributed by atoms with E-state index in [2.05, 4.69) is 18.2 Å². The molecule has 2 atom stereocenters. The molecule has 74 valence electrons. The molecule has 0 aliphatic carbocycles. The lowest BCUT2D eigenvalue weighted by Gasteiger charge is -1.94. The van der Waals surface area contributed by atoms with Crippen molar-refractivity contribution in [2.75, 3.05) is 19.8 Å². The van der Waals surface area contributed by atoms with Gasteiger partial charge in [0.15, 0.2) is 0 Å². The number of hydrogen-bond acceptors (Lipinski definition) is 4. The summed E-state index contributed by atoms with van der Waals surface area (Å²) < 4.78 is 14.1. The van der Waals surface area contributed by atoms with Gasteiger partial charge in [0.1, 0.15) is 12.7 Å². The monoisotopic (exact) mass is 186 g/mol. The summed E-state index contributed by atoms with van der Waals surface area (Å²) in [5.41, 5.74) is 0. The van der Waals surface area contributed by atoms with Crippen molar-refractivity contribution >= 4 is 5.97 Å². The molecule has 0 amide bonds. The Labute approximate surface area is 77.5 Å². The summed E-state index contributed by atoms with van der Waals surface area (Å²) >= 11 is 0. The van der Waals surface area contributed by atoms with E-state index in [4.69, 9.17) is 9.47 Å². The Morgan fingerprint density at radius 2 is 2.15 bits per heavy atom. The predicted molar refractivity (Wildman–Crippen MR) is 46.3 cm³/mol. The molecule has 0 N–H and O–H groups in total. The van der Waals surface area contributed by atoms with Gasteiger partial charge in [-0.25, -0.2) is 4.79 Å². The molecule has 0 aromatic carbocycles. The highest BCUT2D eigenvalue weighted by molar-refractivity contribution is 5.81. The van der Waals surface area contributed by atoms with E-state index in [-0.39, 0.29) is 12.1 Å². The maximum atomic E-state index is 10.3. The van der Waals surface area contributed by atoms with Gasteiger partial charge < -0.3 is 14.2 Å². The molecule has 2 fully saturated rings. The molecule has 2 saturated heterocycles. The Balaban J connectivity index is 0.000000175. The Morgan fingerprint density at radius 3 is 2.46 bits per heavy atom. The maximum Gasteiger partial charge on any atom is 0.330 e.